The zero-order valence-corrected chi connectivity index (χ0v) is 10.7. The molecule has 1 atom stereocenters. The zero-order chi connectivity index (χ0) is 13.6. The van der Waals surface area contributed by atoms with Crippen molar-refractivity contribution in [2.45, 2.75) is 40.7 Å². The van der Waals surface area contributed by atoms with Gasteiger partial charge in [0, 0.05) is 6.92 Å². The van der Waals surface area contributed by atoms with E-state index < -0.39 is 36.2 Å². The molecular weight excluding hydrogens is 228 g/mol. The summed E-state index contributed by atoms with van der Waals surface area (Å²) in [5, 5.41) is 0. The number of carbonyl (C=O) groups excluding carboxylic acids is 3. The summed E-state index contributed by atoms with van der Waals surface area (Å²) in [5.74, 6) is -1.83. The molecule has 0 bridgehead atoms. The van der Waals surface area contributed by atoms with Gasteiger partial charge in [-0.3, -0.25) is 9.59 Å². The molecule has 0 amide bonds. The van der Waals surface area contributed by atoms with Crippen LogP contribution >= 0.6 is 0 Å². The monoisotopic (exact) mass is 246 g/mol. The normalized spacial score (nSPS) is 12.5. The van der Waals surface area contributed by atoms with E-state index in [1.807, 2.05) is 0 Å². The second-order valence-corrected chi connectivity index (χ2v) is 4.51. The predicted octanol–water partition coefficient (Wildman–Crippen LogP) is 1.03. The third kappa shape index (κ3) is 6.55. The number of esters is 3. The predicted molar refractivity (Wildman–Crippen MR) is 57.7 cm³/mol. The van der Waals surface area contributed by atoms with Gasteiger partial charge in [0.15, 0.2) is 6.10 Å². The fourth-order valence-electron chi connectivity index (χ4n) is 0.772. The smallest absolute Gasteiger partial charge is 0.350 e. The maximum absolute atomic E-state index is 11.3. The lowest BCUT2D eigenvalue weighted by molar-refractivity contribution is -0.181. The average Bonchev–Trinajstić information content (AvgIpc) is 2.14. The van der Waals surface area contributed by atoms with Crippen molar-refractivity contribution in [2.24, 2.45) is 5.41 Å². The molecule has 0 aromatic rings. The minimum absolute atomic E-state index is 0.481. The van der Waals surface area contributed by atoms with Gasteiger partial charge in [-0.25, -0.2) is 4.79 Å². The van der Waals surface area contributed by atoms with Gasteiger partial charge < -0.3 is 14.2 Å². The van der Waals surface area contributed by atoms with Crippen LogP contribution in [0.3, 0.4) is 0 Å². The first-order chi connectivity index (χ1) is 7.64. The highest BCUT2D eigenvalue weighted by atomic mass is 16.7. The van der Waals surface area contributed by atoms with Crippen LogP contribution in [0.15, 0.2) is 0 Å². The Balaban J connectivity index is 3.94. The Hall–Kier alpha value is -1.59. The number of ether oxygens (including phenoxy) is 3. The minimum atomic E-state index is -1.01. The second kappa shape index (κ2) is 6.22. The molecular formula is C11H18O6. The molecule has 0 rings (SSSR count). The van der Waals surface area contributed by atoms with E-state index in [2.05, 4.69) is 9.47 Å². The molecule has 0 aliphatic heterocycles. The van der Waals surface area contributed by atoms with Gasteiger partial charge in [0.2, 0.25) is 6.79 Å². The van der Waals surface area contributed by atoms with E-state index in [4.69, 9.17) is 4.74 Å². The first-order valence-electron chi connectivity index (χ1n) is 5.15. The Morgan fingerprint density at radius 3 is 2.06 bits per heavy atom. The van der Waals surface area contributed by atoms with Crippen LogP contribution in [0.5, 0.6) is 0 Å². The van der Waals surface area contributed by atoms with Gasteiger partial charge in [-0.1, -0.05) is 0 Å². The summed E-state index contributed by atoms with van der Waals surface area (Å²) in [6, 6.07) is 0. The molecule has 0 spiro atoms. The Kier molecular flexibility index (Phi) is 5.64. The minimum Gasteiger partial charge on any atom is -0.451 e. The third-order valence-electron chi connectivity index (χ3n) is 1.68. The van der Waals surface area contributed by atoms with Gasteiger partial charge in [-0.2, -0.15) is 0 Å². The molecule has 0 aliphatic rings. The molecule has 0 fully saturated rings. The zero-order valence-electron chi connectivity index (χ0n) is 10.7. The Morgan fingerprint density at radius 2 is 1.65 bits per heavy atom. The standard InChI is InChI=1S/C11H18O6/c1-7(17-8(2)12)9(13)15-6-16-10(14)11(3,4)5/h7H,6H2,1-5H3. The topological polar surface area (TPSA) is 78.9 Å². The van der Waals surface area contributed by atoms with Crippen LogP contribution in [0.1, 0.15) is 34.6 Å². The average molecular weight is 246 g/mol. The summed E-state index contributed by atoms with van der Waals surface area (Å²) in [5.41, 5.74) is -0.659. The second-order valence-electron chi connectivity index (χ2n) is 4.51. The van der Waals surface area contributed by atoms with Gasteiger partial charge in [0.1, 0.15) is 0 Å². The summed E-state index contributed by atoms with van der Waals surface area (Å²) in [6.45, 7) is 7.11. The molecule has 98 valence electrons. The maximum Gasteiger partial charge on any atom is 0.350 e. The van der Waals surface area contributed by atoms with Crippen LogP contribution in [0.2, 0.25) is 0 Å². The Labute approximate surface area is 100 Å². The van der Waals surface area contributed by atoms with Crippen LogP contribution in [0, 0.1) is 5.41 Å². The van der Waals surface area contributed by atoms with Gasteiger partial charge in [0.05, 0.1) is 5.41 Å². The molecule has 0 heterocycles. The Bertz CT molecular complexity index is 302. The number of hydrogen-bond acceptors (Lipinski definition) is 6. The van der Waals surface area contributed by atoms with Gasteiger partial charge >= 0.3 is 17.9 Å². The van der Waals surface area contributed by atoms with E-state index in [-0.39, 0.29) is 0 Å². The number of hydrogen-bond donors (Lipinski definition) is 0. The van der Waals surface area contributed by atoms with Gasteiger partial charge in [0.25, 0.3) is 0 Å². The summed E-state index contributed by atoms with van der Waals surface area (Å²) in [7, 11) is 0. The van der Waals surface area contributed by atoms with E-state index in [0.29, 0.717) is 0 Å². The fraction of sp³-hybridized carbons (Fsp3) is 0.727. The largest absolute Gasteiger partial charge is 0.451 e. The summed E-state index contributed by atoms with van der Waals surface area (Å²) in [4.78, 5) is 33.1. The van der Waals surface area contributed by atoms with Crippen molar-refractivity contribution in [3.8, 4) is 0 Å². The van der Waals surface area contributed by atoms with Crippen molar-refractivity contribution in [3.05, 3.63) is 0 Å². The van der Waals surface area contributed by atoms with Crippen LogP contribution in [0.25, 0.3) is 0 Å². The quantitative estimate of drug-likeness (QED) is 0.544. The van der Waals surface area contributed by atoms with Crippen molar-refractivity contribution in [3.63, 3.8) is 0 Å². The van der Waals surface area contributed by atoms with E-state index in [0.717, 1.165) is 0 Å². The molecule has 0 N–H and O–H groups in total. The number of carbonyl (C=O) groups is 3. The van der Waals surface area contributed by atoms with E-state index >= 15 is 0 Å². The van der Waals surface area contributed by atoms with Crippen molar-refractivity contribution in [1.29, 1.82) is 0 Å². The first-order valence-corrected chi connectivity index (χ1v) is 5.15. The molecule has 17 heavy (non-hydrogen) atoms. The first kappa shape index (κ1) is 15.4. The SMILES string of the molecule is CC(=O)OC(C)C(=O)OCOC(=O)C(C)(C)C. The fourth-order valence-corrected chi connectivity index (χ4v) is 0.772. The maximum atomic E-state index is 11.3. The van der Waals surface area contributed by atoms with Crippen molar-refractivity contribution < 1.29 is 28.6 Å². The molecule has 0 saturated carbocycles. The van der Waals surface area contributed by atoms with Crippen LogP contribution < -0.4 is 0 Å². The highest BCUT2D eigenvalue weighted by Crippen LogP contribution is 2.14. The lowest BCUT2D eigenvalue weighted by Crippen LogP contribution is -2.29. The summed E-state index contributed by atoms with van der Waals surface area (Å²) in [6.07, 6.45) is -1.01. The van der Waals surface area contributed by atoms with Crippen LogP contribution in [-0.2, 0) is 28.6 Å². The summed E-state index contributed by atoms with van der Waals surface area (Å²) >= 11 is 0. The van der Waals surface area contributed by atoms with Crippen molar-refractivity contribution >= 4 is 17.9 Å². The molecule has 6 heteroatoms. The van der Waals surface area contributed by atoms with Crippen molar-refractivity contribution in [2.75, 3.05) is 6.79 Å². The van der Waals surface area contributed by atoms with Gasteiger partial charge in [-0.05, 0) is 27.7 Å². The highest BCUT2D eigenvalue weighted by Gasteiger charge is 2.24. The van der Waals surface area contributed by atoms with E-state index in [1.165, 1.54) is 13.8 Å². The van der Waals surface area contributed by atoms with Crippen molar-refractivity contribution in [1.82, 2.24) is 0 Å². The van der Waals surface area contributed by atoms with E-state index in [9.17, 15) is 14.4 Å². The highest BCUT2D eigenvalue weighted by molar-refractivity contribution is 5.78. The summed E-state index contributed by atoms with van der Waals surface area (Å²) < 4.78 is 13.9. The van der Waals surface area contributed by atoms with Gasteiger partial charge in [-0.15, -0.1) is 0 Å². The van der Waals surface area contributed by atoms with Crippen LogP contribution in [-0.4, -0.2) is 30.8 Å². The lowest BCUT2D eigenvalue weighted by Gasteiger charge is -2.17. The molecule has 0 saturated heterocycles. The van der Waals surface area contributed by atoms with E-state index in [1.54, 1.807) is 20.8 Å². The molecule has 0 aliphatic carbocycles. The Morgan fingerprint density at radius 1 is 1.12 bits per heavy atom. The third-order valence-corrected chi connectivity index (χ3v) is 1.68. The molecule has 6 nitrogen and oxygen atoms in total. The lowest BCUT2D eigenvalue weighted by atomic mass is 9.98. The molecule has 0 radical (unpaired) electrons. The molecule has 0 aromatic carbocycles. The molecule has 1 unspecified atom stereocenters. The molecule has 0 aromatic heterocycles. The van der Waals surface area contributed by atoms with Crippen LogP contribution in [0.4, 0.5) is 0 Å². The number of rotatable bonds is 4.